The lowest BCUT2D eigenvalue weighted by Gasteiger charge is -2.16. The van der Waals surface area contributed by atoms with E-state index in [1.165, 1.54) is 6.21 Å². The first-order valence-corrected chi connectivity index (χ1v) is 9.92. The Bertz CT molecular complexity index is 814. The topological polar surface area (TPSA) is 59.0 Å². The maximum Gasteiger partial charge on any atom is 0.254 e. The number of hydrogen-bond donors (Lipinski definition) is 0. The Balaban J connectivity index is 1.54. The van der Waals surface area contributed by atoms with E-state index in [2.05, 4.69) is 17.3 Å². The van der Waals surface area contributed by atoms with Crippen LogP contribution < -0.4 is 4.74 Å². The van der Waals surface area contributed by atoms with E-state index in [0.717, 1.165) is 17.9 Å². The minimum Gasteiger partial charge on any atom is -0.488 e. The third-order valence-corrected chi connectivity index (χ3v) is 6.25. The molecule has 1 saturated carbocycles. The average Bonchev–Trinajstić information content (AvgIpc) is 3.31. The van der Waals surface area contributed by atoms with Crippen molar-refractivity contribution in [2.75, 3.05) is 0 Å². The number of imide groups is 1. The second-order valence-corrected chi connectivity index (χ2v) is 8.20. The third kappa shape index (κ3) is 3.07. The zero-order chi connectivity index (χ0) is 19.3. The van der Waals surface area contributed by atoms with E-state index < -0.39 is 0 Å². The number of carbonyl (C=O) groups excluding carboxylic acids is 2. The molecular formula is C20H20Cl2N2O3. The highest BCUT2D eigenvalue weighted by atomic mass is 35.5. The quantitative estimate of drug-likeness (QED) is 0.415. The summed E-state index contributed by atoms with van der Waals surface area (Å²) in [6.07, 6.45) is 7.26. The van der Waals surface area contributed by atoms with Crippen LogP contribution >= 0.6 is 23.2 Å². The van der Waals surface area contributed by atoms with Crippen molar-refractivity contribution in [2.45, 2.75) is 32.8 Å². The molecule has 2 aliphatic carbocycles. The van der Waals surface area contributed by atoms with Crippen LogP contribution in [-0.4, -0.2) is 29.1 Å². The summed E-state index contributed by atoms with van der Waals surface area (Å²) in [7, 11) is 0. The number of nitrogens with zero attached hydrogens (tertiary/aromatic N) is 2. The van der Waals surface area contributed by atoms with Crippen LogP contribution in [0.4, 0.5) is 0 Å². The highest BCUT2D eigenvalue weighted by molar-refractivity contribution is 6.37. The van der Waals surface area contributed by atoms with Crippen LogP contribution in [0.3, 0.4) is 0 Å². The molecule has 0 spiro atoms. The first kappa shape index (κ1) is 18.5. The highest BCUT2D eigenvalue weighted by Crippen LogP contribution is 2.52. The van der Waals surface area contributed by atoms with Crippen LogP contribution in [0, 0.1) is 23.7 Å². The van der Waals surface area contributed by atoms with Gasteiger partial charge in [0, 0.05) is 0 Å². The summed E-state index contributed by atoms with van der Waals surface area (Å²) in [6.45, 7) is 3.94. The summed E-state index contributed by atoms with van der Waals surface area (Å²) in [5.41, 5.74) is 0.597. The van der Waals surface area contributed by atoms with Gasteiger partial charge in [0.25, 0.3) is 11.8 Å². The molecule has 0 aromatic heterocycles. The minimum atomic E-state index is -0.261. The zero-order valence-corrected chi connectivity index (χ0v) is 16.6. The second kappa shape index (κ2) is 6.95. The predicted molar refractivity (Wildman–Crippen MR) is 104 cm³/mol. The summed E-state index contributed by atoms with van der Waals surface area (Å²) in [5.74, 6) is -0.198. The molecule has 2 bridgehead atoms. The van der Waals surface area contributed by atoms with E-state index in [9.17, 15) is 9.59 Å². The molecule has 5 nitrogen and oxygen atoms in total. The Hall–Kier alpha value is -1.85. The largest absolute Gasteiger partial charge is 0.488 e. The van der Waals surface area contributed by atoms with E-state index in [1.54, 1.807) is 12.1 Å². The molecule has 142 valence electrons. The highest BCUT2D eigenvalue weighted by Gasteiger charge is 2.59. The molecule has 2 fully saturated rings. The molecule has 7 heteroatoms. The Morgan fingerprint density at radius 1 is 1.19 bits per heavy atom. The third-order valence-electron chi connectivity index (χ3n) is 5.68. The monoisotopic (exact) mass is 406 g/mol. The van der Waals surface area contributed by atoms with Crippen molar-refractivity contribution < 1.29 is 14.3 Å². The molecule has 1 aromatic rings. The summed E-state index contributed by atoms with van der Waals surface area (Å²) in [4.78, 5) is 25.3. The lowest BCUT2D eigenvalue weighted by Crippen LogP contribution is -2.28. The van der Waals surface area contributed by atoms with E-state index in [-0.39, 0.29) is 41.6 Å². The molecular weight excluding hydrogens is 387 g/mol. The fourth-order valence-corrected chi connectivity index (χ4v) is 4.77. The molecule has 5 atom stereocenters. The van der Waals surface area contributed by atoms with Crippen LogP contribution in [0.2, 0.25) is 10.0 Å². The number of fused-ring (bicyclic) bond motifs is 5. The maximum atomic E-state index is 12.6. The standard InChI is InChI=1S/C20H20Cl2N2O3/c1-3-10(2)27-18-14(21)6-11(7-15(18)22)9-23-24-19(25)16-12-4-5-13(8-12)17(16)20(24)26/h4-7,9-10,12-13,16-17H,3,8H2,1-2H3. The summed E-state index contributed by atoms with van der Waals surface area (Å²) in [5, 5.41) is 5.88. The molecule has 2 amide bonds. The Labute approximate surface area is 168 Å². The minimum absolute atomic E-state index is 0.0113. The Kier molecular flexibility index (Phi) is 4.77. The SMILES string of the molecule is CCC(C)Oc1c(Cl)cc(C=NN2C(=O)C3C4C=CC(C4)C3C2=O)cc1Cl. The van der Waals surface area contributed by atoms with Gasteiger partial charge < -0.3 is 4.74 Å². The summed E-state index contributed by atoms with van der Waals surface area (Å²) < 4.78 is 5.74. The van der Waals surface area contributed by atoms with Gasteiger partial charge in [0.1, 0.15) is 0 Å². The first-order valence-electron chi connectivity index (χ1n) is 9.16. The molecule has 0 N–H and O–H groups in total. The van der Waals surface area contributed by atoms with Crippen LogP contribution in [0.5, 0.6) is 5.75 Å². The fourth-order valence-electron chi connectivity index (χ4n) is 4.18. The number of hydrazone groups is 1. The summed E-state index contributed by atoms with van der Waals surface area (Å²) in [6, 6.07) is 3.32. The normalized spacial score (nSPS) is 29.9. The van der Waals surface area contributed by atoms with E-state index >= 15 is 0 Å². The average molecular weight is 407 g/mol. The van der Waals surface area contributed by atoms with Crippen molar-refractivity contribution in [2.24, 2.45) is 28.8 Å². The van der Waals surface area contributed by atoms with Gasteiger partial charge >= 0.3 is 0 Å². The molecule has 1 aliphatic heterocycles. The number of amides is 2. The van der Waals surface area contributed by atoms with Crippen molar-refractivity contribution in [1.82, 2.24) is 5.01 Å². The summed E-state index contributed by atoms with van der Waals surface area (Å²) >= 11 is 12.6. The van der Waals surface area contributed by atoms with Crippen LogP contribution in [0.1, 0.15) is 32.3 Å². The Morgan fingerprint density at radius 3 is 2.26 bits per heavy atom. The van der Waals surface area contributed by atoms with Gasteiger partial charge in [-0.2, -0.15) is 10.1 Å². The lowest BCUT2D eigenvalue weighted by molar-refractivity contribution is -0.140. The van der Waals surface area contributed by atoms with Gasteiger partial charge in [-0.05, 0) is 49.3 Å². The van der Waals surface area contributed by atoms with Crippen molar-refractivity contribution >= 4 is 41.2 Å². The van der Waals surface area contributed by atoms with Crippen molar-refractivity contribution in [3.8, 4) is 5.75 Å². The van der Waals surface area contributed by atoms with Gasteiger partial charge in [0.2, 0.25) is 0 Å². The zero-order valence-electron chi connectivity index (χ0n) is 15.1. The van der Waals surface area contributed by atoms with E-state index in [0.29, 0.717) is 21.4 Å². The molecule has 1 saturated heterocycles. The van der Waals surface area contributed by atoms with Gasteiger partial charge in [-0.1, -0.05) is 42.3 Å². The Morgan fingerprint density at radius 2 is 1.74 bits per heavy atom. The van der Waals surface area contributed by atoms with Crippen LogP contribution in [-0.2, 0) is 9.59 Å². The maximum absolute atomic E-state index is 12.6. The number of ether oxygens (including phenoxy) is 1. The molecule has 3 aliphatic rings. The van der Waals surface area contributed by atoms with Gasteiger partial charge in [0.05, 0.1) is 34.2 Å². The fraction of sp³-hybridized carbons (Fsp3) is 0.450. The van der Waals surface area contributed by atoms with Crippen molar-refractivity contribution in [3.05, 3.63) is 39.9 Å². The molecule has 5 unspecified atom stereocenters. The number of rotatable bonds is 5. The van der Waals surface area contributed by atoms with Crippen molar-refractivity contribution in [1.29, 1.82) is 0 Å². The number of hydrogen-bond acceptors (Lipinski definition) is 4. The van der Waals surface area contributed by atoms with Gasteiger partial charge in [-0.3, -0.25) is 9.59 Å². The molecule has 0 radical (unpaired) electrons. The van der Waals surface area contributed by atoms with Crippen LogP contribution in [0.15, 0.2) is 29.4 Å². The molecule has 27 heavy (non-hydrogen) atoms. The number of halogens is 2. The van der Waals surface area contributed by atoms with Crippen molar-refractivity contribution in [3.63, 3.8) is 0 Å². The lowest BCUT2D eigenvalue weighted by atomic mass is 9.85. The van der Waals surface area contributed by atoms with Gasteiger partial charge in [-0.15, -0.1) is 0 Å². The van der Waals surface area contributed by atoms with E-state index in [4.69, 9.17) is 27.9 Å². The number of allylic oxidation sites excluding steroid dienone is 2. The first-order chi connectivity index (χ1) is 12.9. The smallest absolute Gasteiger partial charge is 0.254 e. The van der Waals surface area contributed by atoms with E-state index in [1.807, 2.05) is 13.8 Å². The number of carbonyl (C=O) groups is 2. The van der Waals surface area contributed by atoms with Gasteiger partial charge in [-0.25, -0.2) is 0 Å². The molecule has 1 heterocycles. The van der Waals surface area contributed by atoms with Gasteiger partial charge in [0.15, 0.2) is 5.75 Å². The molecule has 4 rings (SSSR count). The predicted octanol–water partition coefficient (Wildman–Crippen LogP) is 4.31. The number of benzene rings is 1. The van der Waals surface area contributed by atoms with Crippen LogP contribution in [0.25, 0.3) is 0 Å². The second-order valence-electron chi connectivity index (χ2n) is 7.38. The molecule has 1 aromatic carbocycles.